The summed E-state index contributed by atoms with van der Waals surface area (Å²) in [5.74, 6) is -0.0990. The summed E-state index contributed by atoms with van der Waals surface area (Å²) in [4.78, 5) is 24.9. The second-order valence-electron chi connectivity index (χ2n) is 6.56. The number of ether oxygens (including phenoxy) is 1. The van der Waals surface area contributed by atoms with Crippen molar-refractivity contribution >= 4 is 17.7 Å². The van der Waals surface area contributed by atoms with Gasteiger partial charge in [-0.15, -0.1) is 0 Å². The molecule has 0 spiro atoms. The van der Waals surface area contributed by atoms with Crippen LogP contribution in [-0.4, -0.2) is 19.1 Å². The van der Waals surface area contributed by atoms with Crippen molar-refractivity contribution < 1.29 is 13.9 Å². The number of benzene rings is 1. The molecule has 0 aliphatic rings. The zero-order chi connectivity index (χ0) is 20.2. The largest absolute Gasteiger partial charge is 0.468 e. The molecule has 0 fully saturated rings. The number of hydrogen-bond donors (Lipinski definition) is 1. The lowest BCUT2D eigenvalue weighted by Crippen LogP contribution is -2.17. The van der Waals surface area contributed by atoms with Crippen molar-refractivity contribution in [1.82, 2.24) is 0 Å². The number of carbonyl (C=O) groups excluding carboxylic acids is 1. The maximum Gasteiger partial charge on any atom is 0.299 e. The van der Waals surface area contributed by atoms with Gasteiger partial charge in [0.15, 0.2) is 17.0 Å². The predicted molar refractivity (Wildman–Crippen MR) is 112 cm³/mol. The van der Waals surface area contributed by atoms with E-state index in [1.807, 2.05) is 30.3 Å². The van der Waals surface area contributed by atoms with Crippen LogP contribution in [-0.2, 0) is 0 Å². The number of hydrazone groups is 1. The minimum absolute atomic E-state index is 0.0239. The summed E-state index contributed by atoms with van der Waals surface area (Å²) in [6.07, 6.45) is 8.12. The van der Waals surface area contributed by atoms with Crippen LogP contribution < -0.4 is 15.6 Å². The molecule has 1 aromatic heterocycles. The highest BCUT2D eigenvalue weighted by atomic mass is 16.6. The van der Waals surface area contributed by atoms with E-state index in [0.29, 0.717) is 6.42 Å². The Kier molecular flexibility index (Phi) is 8.98. The maximum atomic E-state index is 12.5. The molecule has 0 atom stereocenters. The third-order valence-electron chi connectivity index (χ3n) is 4.32. The molecular weight excluding hydrogens is 356 g/mol. The SMILES string of the molecule is CCCCCCCCC(=O)c1c(OC)oc(C=NNc2ccccc2)cc1=O. The first-order chi connectivity index (χ1) is 13.7. The van der Waals surface area contributed by atoms with Crippen molar-refractivity contribution in [1.29, 1.82) is 0 Å². The summed E-state index contributed by atoms with van der Waals surface area (Å²) in [5, 5.41) is 4.04. The lowest BCUT2D eigenvalue weighted by atomic mass is 10.0. The Hall–Kier alpha value is -2.89. The molecule has 6 heteroatoms. The number of anilines is 1. The topological polar surface area (TPSA) is 80.9 Å². The molecule has 0 radical (unpaired) electrons. The first kappa shape index (κ1) is 21.4. The third kappa shape index (κ3) is 6.68. The standard InChI is InChI=1S/C22H28N2O4/c1-3-4-5-6-7-11-14-19(25)21-20(26)15-18(28-22(21)27-2)16-23-24-17-12-9-8-10-13-17/h8-10,12-13,15-16,24H,3-7,11,14H2,1-2H3. The minimum Gasteiger partial charge on any atom is -0.468 e. The van der Waals surface area contributed by atoms with Gasteiger partial charge in [0.05, 0.1) is 19.0 Å². The van der Waals surface area contributed by atoms with E-state index in [9.17, 15) is 9.59 Å². The first-order valence-electron chi connectivity index (χ1n) is 9.75. The monoisotopic (exact) mass is 384 g/mol. The van der Waals surface area contributed by atoms with Crippen molar-refractivity contribution in [2.45, 2.75) is 51.9 Å². The summed E-state index contributed by atoms with van der Waals surface area (Å²) in [6.45, 7) is 2.17. The van der Waals surface area contributed by atoms with Crippen LogP contribution in [0.4, 0.5) is 5.69 Å². The van der Waals surface area contributed by atoms with Crippen molar-refractivity contribution in [3.8, 4) is 5.95 Å². The number of nitrogens with zero attached hydrogens (tertiary/aromatic N) is 1. The van der Waals surface area contributed by atoms with Gasteiger partial charge in [0, 0.05) is 12.5 Å². The van der Waals surface area contributed by atoms with Gasteiger partial charge in [-0.1, -0.05) is 57.2 Å². The Balaban J connectivity index is 2.00. The molecule has 0 amide bonds. The number of Topliss-reactive ketones (excluding diaryl/α,β-unsaturated/α-hetero) is 1. The van der Waals surface area contributed by atoms with Gasteiger partial charge in [0.25, 0.3) is 5.95 Å². The smallest absolute Gasteiger partial charge is 0.299 e. The number of carbonyl (C=O) groups is 1. The molecule has 2 aromatic rings. The van der Waals surface area contributed by atoms with E-state index in [4.69, 9.17) is 9.15 Å². The zero-order valence-electron chi connectivity index (χ0n) is 16.6. The molecule has 0 aliphatic heterocycles. The first-order valence-corrected chi connectivity index (χ1v) is 9.75. The van der Waals surface area contributed by atoms with Gasteiger partial charge in [0.2, 0.25) is 0 Å². The molecule has 2 rings (SSSR count). The van der Waals surface area contributed by atoms with E-state index in [1.54, 1.807) is 0 Å². The molecule has 0 bridgehead atoms. The lowest BCUT2D eigenvalue weighted by molar-refractivity contribution is 0.0969. The molecule has 6 nitrogen and oxygen atoms in total. The summed E-state index contributed by atoms with van der Waals surface area (Å²) < 4.78 is 10.7. The van der Waals surface area contributed by atoms with Gasteiger partial charge in [-0.05, 0) is 18.6 Å². The highest BCUT2D eigenvalue weighted by Gasteiger charge is 2.19. The van der Waals surface area contributed by atoms with Crippen LogP contribution in [0.2, 0.25) is 0 Å². The average molecular weight is 384 g/mol. The zero-order valence-corrected chi connectivity index (χ0v) is 16.6. The summed E-state index contributed by atoms with van der Waals surface area (Å²) in [7, 11) is 1.38. The molecule has 150 valence electrons. The summed E-state index contributed by atoms with van der Waals surface area (Å²) >= 11 is 0. The van der Waals surface area contributed by atoms with E-state index >= 15 is 0 Å². The van der Waals surface area contributed by atoms with E-state index in [-0.39, 0.29) is 23.1 Å². The highest BCUT2D eigenvalue weighted by Crippen LogP contribution is 2.19. The molecule has 0 aliphatic carbocycles. The number of unbranched alkanes of at least 4 members (excludes halogenated alkanes) is 5. The second-order valence-corrected chi connectivity index (χ2v) is 6.56. The van der Waals surface area contributed by atoms with Crippen LogP contribution in [0.15, 0.2) is 50.7 Å². The van der Waals surface area contributed by atoms with Crippen LogP contribution in [0.5, 0.6) is 5.95 Å². The van der Waals surface area contributed by atoms with E-state index < -0.39 is 5.43 Å². The van der Waals surface area contributed by atoms with Crippen LogP contribution in [0.25, 0.3) is 0 Å². The highest BCUT2D eigenvalue weighted by molar-refractivity contribution is 5.98. The van der Waals surface area contributed by atoms with E-state index in [2.05, 4.69) is 17.5 Å². The number of methoxy groups -OCH3 is 1. The normalized spacial score (nSPS) is 10.9. The van der Waals surface area contributed by atoms with Gasteiger partial charge in [-0.3, -0.25) is 15.0 Å². The maximum absolute atomic E-state index is 12.5. The third-order valence-corrected chi connectivity index (χ3v) is 4.32. The predicted octanol–water partition coefficient (Wildman–Crippen LogP) is 5.03. The Morgan fingerprint density at radius 2 is 1.86 bits per heavy atom. The fourth-order valence-electron chi connectivity index (χ4n) is 2.82. The Labute approximate surface area is 165 Å². The van der Waals surface area contributed by atoms with Crippen LogP contribution in [0.3, 0.4) is 0 Å². The summed E-state index contributed by atoms with van der Waals surface area (Å²) in [5.41, 5.74) is 3.20. The van der Waals surface area contributed by atoms with E-state index in [0.717, 1.165) is 24.9 Å². The van der Waals surface area contributed by atoms with Crippen molar-refractivity contribution in [3.05, 3.63) is 57.9 Å². The molecule has 0 saturated heterocycles. The van der Waals surface area contributed by atoms with Gasteiger partial charge >= 0.3 is 0 Å². The Bertz CT molecular complexity index is 828. The molecule has 0 saturated carbocycles. The fourth-order valence-corrected chi connectivity index (χ4v) is 2.82. The molecule has 28 heavy (non-hydrogen) atoms. The van der Waals surface area contributed by atoms with Crippen molar-refractivity contribution in [2.75, 3.05) is 12.5 Å². The van der Waals surface area contributed by atoms with Crippen LogP contribution in [0.1, 0.15) is 68.0 Å². The van der Waals surface area contributed by atoms with Gasteiger partial charge in [-0.2, -0.15) is 5.10 Å². The van der Waals surface area contributed by atoms with Crippen molar-refractivity contribution in [3.63, 3.8) is 0 Å². The van der Waals surface area contributed by atoms with Crippen LogP contribution in [0, 0.1) is 0 Å². The number of ketones is 1. The van der Waals surface area contributed by atoms with Crippen molar-refractivity contribution in [2.24, 2.45) is 5.10 Å². The number of hydrogen-bond acceptors (Lipinski definition) is 6. The molecular formula is C22H28N2O4. The second kappa shape index (κ2) is 11.7. The summed E-state index contributed by atoms with van der Waals surface area (Å²) in [6, 6.07) is 10.6. The van der Waals surface area contributed by atoms with Crippen LogP contribution >= 0.6 is 0 Å². The molecule has 0 unspecified atom stereocenters. The molecule has 1 heterocycles. The molecule has 1 N–H and O–H groups in total. The lowest BCUT2D eigenvalue weighted by Gasteiger charge is -2.07. The number of rotatable bonds is 12. The van der Waals surface area contributed by atoms with Gasteiger partial charge < -0.3 is 9.15 Å². The van der Waals surface area contributed by atoms with Gasteiger partial charge in [-0.25, -0.2) is 0 Å². The fraction of sp³-hybridized carbons (Fsp3) is 0.409. The minimum atomic E-state index is -0.416. The Morgan fingerprint density at radius 3 is 2.57 bits per heavy atom. The molecule has 1 aromatic carbocycles. The average Bonchev–Trinajstić information content (AvgIpc) is 2.70. The quantitative estimate of drug-likeness (QED) is 0.240. The number of nitrogens with one attached hydrogen (secondary N) is 1. The van der Waals surface area contributed by atoms with Gasteiger partial charge in [0.1, 0.15) is 5.56 Å². The number of para-hydroxylation sites is 1. The Morgan fingerprint density at radius 1 is 1.14 bits per heavy atom. The van der Waals surface area contributed by atoms with E-state index in [1.165, 1.54) is 38.7 Å².